The first kappa shape index (κ1) is 12.3. The van der Waals surface area contributed by atoms with Crippen LogP contribution in [0.3, 0.4) is 0 Å². The Morgan fingerprint density at radius 2 is 2.21 bits per heavy atom. The van der Waals surface area contributed by atoms with Gasteiger partial charge in [-0.15, -0.1) is 11.6 Å². The summed E-state index contributed by atoms with van der Waals surface area (Å²) in [4.78, 5) is 2.41. The molecule has 0 amide bonds. The Kier molecular flexibility index (Phi) is 5.83. The fourth-order valence-corrected chi connectivity index (χ4v) is 2.05. The van der Waals surface area contributed by atoms with Gasteiger partial charge in [0.1, 0.15) is 0 Å². The zero-order valence-electron chi connectivity index (χ0n) is 9.34. The van der Waals surface area contributed by atoms with E-state index in [1.165, 1.54) is 13.0 Å². The average Bonchev–Trinajstić information content (AvgIpc) is 2.18. The van der Waals surface area contributed by atoms with Crippen molar-refractivity contribution in [2.75, 3.05) is 32.8 Å². The lowest BCUT2D eigenvalue weighted by Crippen LogP contribution is -2.41. The standard InChI is InChI=1S/C11H22ClNO/c1-3-7-14-8-6-13-5-4-10(2)11(12)9-13/h10-11H,3-9H2,1-2H3. The van der Waals surface area contributed by atoms with Gasteiger partial charge in [-0.2, -0.15) is 0 Å². The van der Waals surface area contributed by atoms with Crippen molar-refractivity contribution in [2.45, 2.75) is 32.1 Å². The fourth-order valence-electron chi connectivity index (χ4n) is 1.73. The first-order chi connectivity index (χ1) is 6.74. The second-order valence-electron chi connectivity index (χ2n) is 4.19. The molecule has 0 N–H and O–H groups in total. The Hall–Kier alpha value is 0.210. The van der Waals surface area contributed by atoms with Gasteiger partial charge < -0.3 is 4.74 Å². The maximum absolute atomic E-state index is 6.22. The molecule has 84 valence electrons. The van der Waals surface area contributed by atoms with E-state index in [2.05, 4.69) is 18.7 Å². The third-order valence-electron chi connectivity index (χ3n) is 2.85. The molecule has 14 heavy (non-hydrogen) atoms. The molecule has 0 spiro atoms. The second-order valence-corrected chi connectivity index (χ2v) is 4.76. The molecule has 0 bridgehead atoms. The number of halogens is 1. The van der Waals surface area contributed by atoms with E-state index < -0.39 is 0 Å². The lowest BCUT2D eigenvalue weighted by molar-refractivity contribution is 0.0914. The summed E-state index contributed by atoms with van der Waals surface area (Å²) < 4.78 is 5.46. The van der Waals surface area contributed by atoms with Gasteiger partial charge in [0.2, 0.25) is 0 Å². The van der Waals surface area contributed by atoms with E-state index in [4.69, 9.17) is 16.3 Å². The van der Waals surface area contributed by atoms with Crippen molar-refractivity contribution >= 4 is 11.6 Å². The molecule has 1 fully saturated rings. The molecule has 1 heterocycles. The van der Waals surface area contributed by atoms with Crippen molar-refractivity contribution in [1.29, 1.82) is 0 Å². The molecular formula is C11H22ClNO. The summed E-state index contributed by atoms with van der Waals surface area (Å²) in [6.07, 6.45) is 2.33. The number of nitrogens with zero attached hydrogens (tertiary/aromatic N) is 1. The van der Waals surface area contributed by atoms with Gasteiger partial charge in [0.15, 0.2) is 0 Å². The average molecular weight is 220 g/mol. The molecule has 2 atom stereocenters. The molecule has 0 aromatic rings. The number of piperidine rings is 1. The van der Waals surface area contributed by atoms with Crippen LogP contribution in [-0.4, -0.2) is 43.1 Å². The molecule has 1 aliphatic rings. The first-order valence-electron chi connectivity index (χ1n) is 5.68. The molecule has 1 aliphatic heterocycles. The van der Waals surface area contributed by atoms with Gasteiger partial charge in [-0.25, -0.2) is 0 Å². The van der Waals surface area contributed by atoms with Crippen molar-refractivity contribution in [3.05, 3.63) is 0 Å². The van der Waals surface area contributed by atoms with E-state index in [1.54, 1.807) is 0 Å². The van der Waals surface area contributed by atoms with Gasteiger partial charge in [-0.05, 0) is 25.3 Å². The minimum Gasteiger partial charge on any atom is -0.380 e. The Labute approximate surface area is 92.6 Å². The monoisotopic (exact) mass is 219 g/mol. The van der Waals surface area contributed by atoms with Crippen molar-refractivity contribution < 1.29 is 4.74 Å². The summed E-state index contributed by atoms with van der Waals surface area (Å²) in [5, 5.41) is 0.329. The topological polar surface area (TPSA) is 12.5 Å². The molecule has 2 nitrogen and oxygen atoms in total. The molecule has 1 saturated heterocycles. The smallest absolute Gasteiger partial charge is 0.0593 e. The van der Waals surface area contributed by atoms with Gasteiger partial charge in [-0.1, -0.05) is 13.8 Å². The Balaban J connectivity index is 2.07. The van der Waals surface area contributed by atoms with E-state index >= 15 is 0 Å². The van der Waals surface area contributed by atoms with Gasteiger partial charge in [0, 0.05) is 25.1 Å². The molecule has 2 unspecified atom stereocenters. The molecular weight excluding hydrogens is 198 g/mol. The van der Waals surface area contributed by atoms with E-state index in [0.717, 1.165) is 32.7 Å². The maximum atomic E-state index is 6.22. The summed E-state index contributed by atoms with van der Waals surface area (Å²) in [5.74, 6) is 0.671. The lowest BCUT2D eigenvalue weighted by atomic mass is 9.99. The van der Waals surface area contributed by atoms with E-state index in [-0.39, 0.29) is 0 Å². The van der Waals surface area contributed by atoms with Crippen LogP contribution in [0.4, 0.5) is 0 Å². The summed E-state index contributed by atoms with van der Waals surface area (Å²) >= 11 is 6.22. The molecule has 0 radical (unpaired) electrons. The van der Waals surface area contributed by atoms with Gasteiger partial charge >= 0.3 is 0 Å². The highest BCUT2D eigenvalue weighted by atomic mass is 35.5. The van der Waals surface area contributed by atoms with Gasteiger partial charge in [-0.3, -0.25) is 4.90 Å². The largest absolute Gasteiger partial charge is 0.380 e. The number of rotatable bonds is 5. The number of ether oxygens (including phenoxy) is 1. The van der Waals surface area contributed by atoms with E-state index in [0.29, 0.717) is 11.3 Å². The molecule has 1 rings (SSSR count). The first-order valence-corrected chi connectivity index (χ1v) is 6.11. The van der Waals surface area contributed by atoms with Crippen molar-refractivity contribution in [3.8, 4) is 0 Å². The van der Waals surface area contributed by atoms with Crippen molar-refractivity contribution in [3.63, 3.8) is 0 Å². The predicted octanol–water partition coefficient (Wildman–Crippen LogP) is 2.36. The van der Waals surface area contributed by atoms with Crippen molar-refractivity contribution in [2.24, 2.45) is 5.92 Å². The summed E-state index contributed by atoms with van der Waals surface area (Å²) in [7, 11) is 0. The van der Waals surface area contributed by atoms with Crippen LogP contribution < -0.4 is 0 Å². The van der Waals surface area contributed by atoms with Crippen LogP contribution in [0.15, 0.2) is 0 Å². The Bertz CT molecular complexity index is 154. The quantitative estimate of drug-likeness (QED) is 0.520. The van der Waals surface area contributed by atoms with Crippen LogP contribution >= 0.6 is 11.6 Å². The van der Waals surface area contributed by atoms with Crippen LogP contribution in [0.1, 0.15) is 26.7 Å². The number of hydrogen-bond donors (Lipinski definition) is 0. The zero-order valence-corrected chi connectivity index (χ0v) is 10.1. The predicted molar refractivity (Wildman–Crippen MR) is 61.0 cm³/mol. The molecule has 0 aliphatic carbocycles. The van der Waals surface area contributed by atoms with Crippen LogP contribution in [-0.2, 0) is 4.74 Å². The minimum atomic E-state index is 0.329. The number of hydrogen-bond acceptors (Lipinski definition) is 2. The summed E-state index contributed by atoms with van der Waals surface area (Å²) in [6, 6.07) is 0. The van der Waals surface area contributed by atoms with Gasteiger partial charge in [0.05, 0.1) is 6.61 Å². The molecule has 0 saturated carbocycles. The second kappa shape index (κ2) is 6.65. The zero-order chi connectivity index (χ0) is 10.4. The summed E-state index contributed by atoms with van der Waals surface area (Å²) in [6.45, 7) is 9.36. The number of likely N-dealkylation sites (tertiary alicyclic amines) is 1. The Morgan fingerprint density at radius 3 is 2.86 bits per heavy atom. The minimum absolute atomic E-state index is 0.329. The highest BCUT2D eigenvalue weighted by molar-refractivity contribution is 6.21. The van der Waals surface area contributed by atoms with Crippen molar-refractivity contribution in [1.82, 2.24) is 4.90 Å². The van der Waals surface area contributed by atoms with Crippen LogP contribution in [0.2, 0.25) is 0 Å². The molecule has 0 aromatic heterocycles. The molecule has 0 aromatic carbocycles. The SMILES string of the molecule is CCCOCCN1CCC(C)C(Cl)C1. The lowest BCUT2D eigenvalue weighted by Gasteiger charge is -2.33. The maximum Gasteiger partial charge on any atom is 0.0593 e. The van der Waals surface area contributed by atoms with Gasteiger partial charge in [0.25, 0.3) is 0 Å². The van der Waals surface area contributed by atoms with Crippen LogP contribution in [0.25, 0.3) is 0 Å². The highest BCUT2D eigenvalue weighted by Gasteiger charge is 2.23. The normalized spacial score (nSPS) is 29.4. The van der Waals surface area contributed by atoms with Crippen LogP contribution in [0.5, 0.6) is 0 Å². The molecule has 3 heteroatoms. The van der Waals surface area contributed by atoms with Crippen LogP contribution in [0, 0.1) is 5.92 Å². The number of alkyl halides is 1. The third kappa shape index (κ3) is 4.16. The Morgan fingerprint density at radius 1 is 1.43 bits per heavy atom. The van der Waals surface area contributed by atoms with E-state index in [1.807, 2.05) is 0 Å². The summed E-state index contributed by atoms with van der Waals surface area (Å²) in [5.41, 5.74) is 0. The third-order valence-corrected chi connectivity index (χ3v) is 3.42. The fraction of sp³-hybridized carbons (Fsp3) is 1.00. The van der Waals surface area contributed by atoms with E-state index in [9.17, 15) is 0 Å². The highest BCUT2D eigenvalue weighted by Crippen LogP contribution is 2.21.